The lowest BCUT2D eigenvalue weighted by molar-refractivity contribution is 0.415. The van der Waals surface area contributed by atoms with Crippen molar-refractivity contribution in [3.05, 3.63) is 54.1 Å². The zero-order chi connectivity index (χ0) is 14.2. The Morgan fingerprint density at radius 3 is 2.70 bits per heavy atom. The van der Waals surface area contributed by atoms with E-state index in [1.807, 2.05) is 18.2 Å². The van der Waals surface area contributed by atoms with E-state index in [-0.39, 0.29) is 0 Å². The Balaban J connectivity index is 1.95. The number of unbranched alkanes of at least 4 members (excludes halogenated alkanes) is 2. The molecule has 0 aliphatic heterocycles. The lowest BCUT2D eigenvalue weighted by Gasteiger charge is -2.05. The normalized spacial score (nSPS) is 10.8. The molecule has 2 heteroatoms. The molecule has 0 spiro atoms. The van der Waals surface area contributed by atoms with Gasteiger partial charge in [0.2, 0.25) is 0 Å². The molecule has 0 fully saturated rings. The number of hydrogen-bond acceptors (Lipinski definition) is 2. The molecule has 2 aromatic carbocycles. The molecule has 0 atom stereocenters. The average molecular weight is 265 g/mol. The molecule has 0 radical (unpaired) electrons. The van der Waals surface area contributed by atoms with E-state index in [0.717, 1.165) is 31.4 Å². The van der Waals surface area contributed by atoms with Crippen LogP contribution in [0.25, 0.3) is 10.8 Å². The quantitative estimate of drug-likeness (QED) is 0.563. The first-order valence-electron chi connectivity index (χ1n) is 6.95. The van der Waals surface area contributed by atoms with Gasteiger partial charge in [-0.2, -0.15) is 5.26 Å². The van der Waals surface area contributed by atoms with Gasteiger partial charge in [-0.25, -0.2) is 0 Å². The number of benzene rings is 2. The summed E-state index contributed by atoms with van der Waals surface area (Å²) in [6.07, 6.45) is 7.84. The first-order chi connectivity index (χ1) is 9.83. The van der Waals surface area contributed by atoms with Gasteiger partial charge in [-0.05, 0) is 54.2 Å². The van der Waals surface area contributed by atoms with Crippen molar-refractivity contribution in [1.29, 1.82) is 5.26 Å². The van der Waals surface area contributed by atoms with E-state index in [9.17, 15) is 0 Å². The number of nitriles is 1. The zero-order valence-electron chi connectivity index (χ0n) is 11.8. The Hall–Kier alpha value is -2.27. The molecule has 0 aromatic heterocycles. The molecule has 2 aromatic rings. The first-order valence-corrected chi connectivity index (χ1v) is 6.95. The zero-order valence-corrected chi connectivity index (χ0v) is 11.8. The van der Waals surface area contributed by atoms with Crippen LogP contribution >= 0.6 is 0 Å². The Labute approximate surface area is 120 Å². The predicted octanol–water partition coefficient (Wildman–Crippen LogP) is 4.64. The van der Waals surface area contributed by atoms with Crippen molar-refractivity contribution in [3.8, 4) is 11.8 Å². The Bertz CT molecular complexity index is 637. The van der Waals surface area contributed by atoms with Crippen LogP contribution in [0.3, 0.4) is 0 Å². The minimum Gasteiger partial charge on any atom is -0.497 e. The van der Waals surface area contributed by atoms with Crippen LogP contribution in [0.1, 0.15) is 24.8 Å². The number of hydrogen-bond donors (Lipinski definition) is 0. The van der Waals surface area contributed by atoms with Crippen molar-refractivity contribution in [3.63, 3.8) is 0 Å². The highest BCUT2D eigenvalue weighted by atomic mass is 16.5. The second-order valence-corrected chi connectivity index (χ2v) is 4.82. The standard InChI is InChI=1S/C18H19NO/c1-20-18-11-10-16-13-15(8-9-17(16)14-18)7-5-3-2-4-6-12-19/h4,6,8-11,13-14H,2-3,5,7H2,1H3. The van der Waals surface area contributed by atoms with Gasteiger partial charge in [0, 0.05) is 6.08 Å². The van der Waals surface area contributed by atoms with Crippen molar-refractivity contribution < 1.29 is 4.74 Å². The van der Waals surface area contributed by atoms with Crippen LogP contribution in [-0.4, -0.2) is 7.11 Å². The maximum atomic E-state index is 8.39. The van der Waals surface area contributed by atoms with Crippen LogP contribution in [-0.2, 0) is 6.42 Å². The van der Waals surface area contributed by atoms with E-state index >= 15 is 0 Å². The summed E-state index contributed by atoms with van der Waals surface area (Å²) in [5, 5.41) is 10.9. The molecule has 0 unspecified atom stereocenters. The molecule has 102 valence electrons. The summed E-state index contributed by atoms with van der Waals surface area (Å²) >= 11 is 0. The molecule has 0 saturated heterocycles. The number of allylic oxidation sites excluding steroid dienone is 2. The van der Waals surface area contributed by atoms with Crippen molar-refractivity contribution in [2.75, 3.05) is 7.11 Å². The maximum absolute atomic E-state index is 8.39. The van der Waals surface area contributed by atoms with E-state index in [4.69, 9.17) is 10.00 Å². The third kappa shape index (κ3) is 3.86. The lowest BCUT2D eigenvalue weighted by Crippen LogP contribution is -1.87. The van der Waals surface area contributed by atoms with Crippen LogP contribution in [0.2, 0.25) is 0 Å². The predicted molar refractivity (Wildman–Crippen MR) is 82.8 cm³/mol. The molecule has 0 heterocycles. The number of methoxy groups -OCH3 is 1. The number of rotatable bonds is 6. The van der Waals surface area contributed by atoms with Gasteiger partial charge < -0.3 is 4.74 Å². The largest absolute Gasteiger partial charge is 0.497 e. The van der Waals surface area contributed by atoms with Gasteiger partial charge in [-0.3, -0.25) is 0 Å². The summed E-state index contributed by atoms with van der Waals surface area (Å²) in [7, 11) is 1.69. The molecule has 0 bridgehead atoms. The highest BCUT2D eigenvalue weighted by Gasteiger charge is 1.99. The number of ether oxygens (including phenoxy) is 1. The highest BCUT2D eigenvalue weighted by molar-refractivity contribution is 5.84. The summed E-state index contributed by atoms with van der Waals surface area (Å²) in [4.78, 5) is 0. The molecular weight excluding hydrogens is 246 g/mol. The average Bonchev–Trinajstić information content (AvgIpc) is 2.50. The summed E-state index contributed by atoms with van der Waals surface area (Å²) < 4.78 is 5.23. The Morgan fingerprint density at radius 1 is 1.10 bits per heavy atom. The lowest BCUT2D eigenvalue weighted by atomic mass is 10.0. The molecule has 20 heavy (non-hydrogen) atoms. The van der Waals surface area contributed by atoms with Crippen LogP contribution in [0.15, 0.2) is 48.6 Å². The minimum atomic E-state index is 0.898. The monoisotopic (exact) mass is 265 g/mol. The molecule has 0 N–H and O–H groups in total. The SMILES string of the molecule is COc1ccc2cc(CCCCC=CC#N)ccc2c1. The number of fused-ring (bicyclic) bond motifs is 1. The number of aryl methyl sites for hydroxylation is 1. The third-order valence-electron chi connectivity index (χ3n) is 3.39. The first kappa shape index (κ1) is 14.1. The van der Waals surface area contributed by atoms with Crippen LogP contribution in [0, 0.1) is 11.3 Å². The van der Waals surface area contributed by atoms with Gasteiger partial charge in [0.1, 0.15) is 5.75 Å². The van der Waals surface area contributed by atoms with Crippen molar-refractivity contribution >= 4 is 10.8 Å². The summed E-state index contributed by atoms with van der Waals surface area (Å²) in [5.41, 5.74) is 1.37. The molecule has 0 amide bonds. The van der Waals surface area contributed by atoms with Gasteiger partial charge in [-0.15, -0.1) is 0 Å². The van der Waals surface area contributed by atoms with Crippen LogP contribution in [0.5, 0.6) is 5.75 Å². The van der Waals surface area contributed by atoms with Crippen molar-refractivity contribution in [2.45, 2.75) is 25.7 Å². The summed E-state index contributed by atoms with van der Waals surface area (Å²) in [6, 6.07) is 14.8. The summed E-state index contributed by atoms with van der Waals surface area (Å²) in [5.74, 6) is 0.898. The Kier molecular flexibility index (Phi) is 5.20. The molecule has 0 aliphatic rings. The fourth-order valence-electron chi connectivity index (χ4n) is 2.28. The van der Waals surface area contributed by atoms with Gasteiger partial charge in [0.25, 0.3) is 0 Å². The Morgan fingerprint density at radius 2 is 1.90 bits per heavy atom. The summed E-state index contributed by atoms with van der Waals surface area (Å²) in [6.45, 7) is 0. The van der Waals surface area contributed by atoms with E-state index in [1.165, 1.54) is 16.3 Å². The smallest absolute Gasteiger partial charge is 0.119 e. The minimum absolute atomic E-state index is 0.898. The number of nitrogens with zero attached hydrogens (tertiary/aromatic N) is 1. The molecular formula is C18H19NO. The van der Waals surface area contributed by atoms with E-state index in [1.54, 1.807) is 13.2 Å². The molecule has 2 rings (SSSR count). The van der Waals surface area contributed by atoms with Crippen LogP contribution in [0.4, 0.5) is 0 Å². The topological polar surface area (TPSA) is 33.0 Å². The van der Waals surface area contributed by atoms with Gasteiger partial charge >= 0.3 is 0 Å². The van der Waals surface area contributed by atoms with Gasteiger partial charge in [0.15, 0.2) is 0 Å². The molecule has 2 nitrogen and oxygen atoms in total. The van der Waals surface area contributed by atoms with Gasteiger partial charge in [-0.1, -0.05) is 30.3 Å². The molecule has 0 aliphatic carbocycles. The van der Waals surface area contributed by atoms with Crippen molar-refractivity contribution in [1.82, 2.24) is 0 Å². The fourth-order valence-corrected chi connectivity index (χ4v) is 2.28. The van der Waals surface area contributed by atoms with E-state index in [2.05, 4.69) is 30.3 Å². The molecule has 0 saturated carbocycles. The fraction of sp³-hybridized carbons (Fsp3) is 0.278. The van der Waals surface area contributed by atoms with Crippen molar-refractivity contribution in [2.24, 2.45) is 0 Å². The van der Waals surface area contributed by atoms with E-state index < -0.39 is 0 Å². The third-order valence-corrected chi connectivity index (χ3v) is 3.39. The van der Waals surface area contributed by atoms with Gasteiger partial charge in [0.05, 0.1) is 13.2 Å². The van der Waals surface area contributed by atoms with E-state index in [0.29, 0.717) is 0 Å². The van der Waals surface area contributed by atoms with Crippen LogP contribution < -0.4 is 4.74 Å². The maximum Gasteiger partial charge on any atom is 0.119 e. The second kappa shape index (κ2) is 7.35. The highest BCUT2D eigenvalue weighted by Crippen LogP contribution is 2.22. The second-order valence-electron chi connectivity index (χ2n) is 4.82.